The van der Waals surface area contributed by atoms with Crippen LogP contribution < -0.4 is 10.6 Å². The Balaban J connectivity index is 0.00000364. The first-order valence-electron chi connectivity index (χ1n) is 9.24. The summed E-state index contributed by atoms with van der Waals surface area (Å²) in [5.41, 5.74) is 2.16. The van der Waals surface area contributed by atoms with Crippen LogP contribution in [0.15, 0.2) is 29.3 Å². The molecule has 27 heavy (non-hydrogen) atoms. The normalized spacial score (nSPS) is 15.3. The molecule has 2 rings (SSSR count). The van der Waals surface area contributed by atoms with E-state index in [4.69, 9.17) is 4.74 Å². The van der Waals surface area contributed by atoms with Gasteiger partial charge in [-0.05, 0) is 42.4 Å². The number of benzene rings is 1. The van der Waals surface area contributed by atoms with E-state index in [1.54, 1.807) is 33.2 Å². The number of ether oxygens (including phenoxy) is 1. The minimum Gasteiger partial charge on any atom is -0.385 e. The summed E-state index contributed by atoms with van der Waals surface area (Å²) in [6.07, 6.45) is 4.90. The van der Waals surface area contributed by atoms with Crippen LogP contribution in [0.25, 0.3) is 0 Å². The van der Waals surface area contributed by atoms with Gasteiger partial charge in [0.15, 0.2) is 5.96 Å². The molecule has 1 aromatic carbocycles. The predicted molar refractivity (Wildman–Crippen MR) is 121 cm³/mol. The molecule has 0 atom stereocenters. The molecule has 1 fully saturated rings. The molecule has 1 aromatic rings. The van der Waals surface area contributed by atoms with E-state index in [-0.39, 0.29) is 29.9 Å². The lowest BCUT2D eigenvalue weighted by molar-refractivity contribution is 0.0732. The third-order valence-electron chi connectivity index (χ3n) is 5.17. The van der Waals surface area contributed by atoms with Crippen molar-refractivity contribution in [1.29, 1.82) is 0 Å². The van der Waals surface area contributed by atoms with E-state index in [0.29, 0.717) is 17.5 Å². The number of aliphatic imine (C=N–C) groups is 1. The first kappa shape index (κ1) is 23.7. The van der Waals surface area contributed by atoms with Gasteiger partial charge < -0.3 is 20.3 Å². The average molecular weight is 488 g/mol. The van der Waals surface area contributed by atoms with Crippen molar-refractivity contribution in [2.24, 2.45) is 10.4 Å². The van der Waals surface area contributed by atoms with Crippen molar-refractivity contribution in [3.05, 3.63) is 35.4 Å². The van der Waals surface area contributed by atoms with Crippen LogP contribution >= 0.6 is 24.0 Å². The third kappa shape index (κ3) is 6.95. The Labute approximate surface area is 180 Å². The number of nitrogens with zero attached hydrogens (tertiary/aromatic N) is 2. The van der Waals surface area contributed by atoms with Gasteiger partial charge in [0, 0.05) is 53.5 Å². The Bertz CT molecular complexity index is 613. The van der Waals surface area contributed by atoms with Crippen molar-refractivity contribution in [3.8, 4) is 0 Å². The van der Waals surface area contributed by atoms with Crippen molar-refractivity contribution in [2.75, 3.05) is 41.4 Å². The predicted octanol–water partition coefficient (Wildman–Crippen LogP) is 2.88. The van der Waals surface area contributed by atoms with E-state index < -0.39 is 0 Å². The maximum absolute atomic E-state index is 11.9. The van der Waals surface area contributed by atoms with Gasteiger partial charge in [0.2, 0.25) is 0 Å². The molecule has 1 amide bonds. The first-order valence-corrected chi connectivity index (χ1v) is 9.24. The Morgan fingerprint density at radius 2 is 1.89 bits per heavy atom. The van der Waals surface area contributed by atoms with E-state index in [1.165, 1.54) is 19.3 Å². The second-order valence-electron chi connectivity index (χ2n) is 7.27. The molecule has 1 saturated carbocycles. The van der Waals surface area contributed by atoms with Gasteiger partial charge in [-0.1, -0.05) is 18.6 Å². The van der Waals surface area contributed by atoms with E-state index in [0.717, 1.165) is 31.1 Å². The summed E-state index contributed by atoms with van der Waals surface area (Å²) in [4.78, 5) is 17.8. The Morgan fingerprint density at radius 3 is 2.37 bits per heavy atom. The number of guanidine groups is 1. The summed E-state index contributed by atoms with van der Waals surface area (Å²) >= 11 is 0. The third-order valence-corrected chi connectivity index (χ3v) is 5.17. The summed E-state index contributed by atoms with van der Waals surface area (Å²) in [6.45, 7) is 2.40. The molecule has 1 aliphatic carbocycles. The van der Waals surface area contributed by atoms with E-state index in [1.807, 2.05) is 24.3 Å². The number of nitrogens with one attached hydrogen (secondary N) is 2. The lowest BCUT2D eigenvalue weighted by Gasteiger charge is -2.42. The van der Waals surface area contributed by atoms with E-state index in [2.05, 4.69) is 15.6 Å². The first-order chi connectivity index (χ1) is 12.5. The Hall–Kier alpha value is -1.35. The highest BCUT2D eigenvalue weighted by atomic mass is 127. The second kappa shape index (κ2) is 11.5. The molecule has 0 radical (unpaired) electrons. The van der Waals surface area contributed by atoms with E-state index >= 15 is 0 Å². The smallest absolute Gasteiger partial charge is 0.253 e. The van der Waals surface area contributed by atoms with Crippen LogP contribution in [0.3, 0.4) is 0 Å². The van der Waals surface area contributed by atoms with E-state index in [9.17, 15) is 4.79 Å². The largest absolute Gasteiger partial charge is 0.385 e. The maximum Gasteiger partial charge on any atom is 0.253 e. The Morgan fingerprint density at radius 1 is 1.22 bits per heavy atom. The highest BCUT2D eigenvalue weighted by Gasteiger charge is 2.36. The number of carbonyl (C=O) groups is 1. The molecule has 0 heterocycles. The van der Waals surface area contributed by atoms with Gasteiger partial charge >= 0.3 is 0 Å². The fourth-order valence-electron chi connectivity index (χ4n) is 3.21. The second-order valence-corrected chi connectivity index (χ2v) is 7.27. The molecule has 7 heteroatoms. The fourth-order valence-corrected chi connectivity index (χ4v) is 3.21. The van der Waals surface area contributed by atoms with Gasteiger partial charge in [-0.25, -0.2) is 0 Å². The molecule has 1 aliphatic rings. The molecule has 0 bridgehead atoms. The monoisotopic (exact) mass is 488 g/mol. The van der Waals surface area contributed by atoms with Gasteiger partial charge in [-0.3, -0.25) is 9.79 Å². The lowest BCUT2D eigenvalue weighted by atomic mass is 9.67. The molecule has 0 spiro atoms. The molecule has 6 nitrogen and oxygen atoms in total. The van der Waals surface area contributed by atoms with Crippen molar-refractivity contribution in [1.82, 2.24) is 15.5 Å². The van der Waals surface area contributed by atoms with Crippen LogP contribution in [0.5, 0.6) is 0 Å². The zero-order valence-electron chi connectivity index (χ0n) is 16.9. The molecular weight excluding hydrogens is 455 g/mol. The SMILES string of the molecule is CN=C(NCc1ccc(C(=O)N(C)C)cc1)NCC1(CCOC)CCC1.I. The summed E-state index contributed by atoms with van der Waals surface area (Å²) in [7, 11) is 7.07. The molecule has 152 valence electrons. The summed E-state index contributed by atoms with van der Waals surface area (Å²) in [5, 5.41) is 6.80. The summed E-state index contributed by atoms with van der Waals surface area (Å²) in [5.74, 6) is 0.825. The number of hydrogen-bond acceptors (Lipinski definition) is 3. The average Bonchev–Trinajstić information content (AvgIpc) is 2.62. The van der Waals surface area contributed by atoms with Crippen LogP contribution in [0.2, 0.25) is 0 Å². The van der Waals surface area contributed by atoms with Crippen molar-refractivity contribution < 1.29 is 9.53 Å². The number of carbonyl (C=O) groups excluding carboxylic acids is 1. The highest BCUT2D eigenvalue weighted by molar-refractivity contribution is 14.0. The number of amides is 1. The van der Waals surface area contributed by atoms with Crippen LogP contribution in [-0.2, 0) is 11.3 Å². The van der Waals surface area contributed by atoms with Crippen LogP contribution in [-0.4, -0.2) is 58.2 Å². The van der Waals surface area contributed by atoms with Crippen molar-refractivity contribution in [2.45, 2.75) is 32.2 Å². The number of halogens is 1. The van der Waals surface area contributed by atoms with Crippen LogP contribution in [0, 0.1) is 5.41 Å². The van der Waals surface area contributed by atoms with Crippen molar-refractivity contribution in [3.63, 3.8) is 0 Å². The zero-order valence-corrected chi connectivity index (χ0v) is 19.2. The molecule has 0 unspecified atom stereocenters. The number of hydrogen-bond donors (Lipinski definition) is 2. The molecule has 0 aliphatic heterocycles. The van der Waals surface area contributed by atoms with Crippen molar-refractivity contribution >= 4 is 35.8 Å². The number of rotatable bonds is 8. The van der Waals surface area contributed by atoms with Gasteiger partial charge in [0.25, 0.3) is 5.91 Å². The molecule has 0 aromatic heterocycles. The van der Waals surface area contributed by atoms with Gasteiger partial charge in [0.1, 0.15) is 0 Å². The minimum absolute atomic E-state index is 0. The maximum atomic E-state index is 11.9. The van der Waals surface area contributed by atoms with Gasteiger partial charge in [-0.2, -0.15) is 0 Å². The quantitative estimate of drug-likeness (QED) is 0.336. The van der Waals surface area contributed by atoms with Crippen LogP contribution in [0.1, 0.15) is 41.6 Å². The summed E-state index contributed by atoms with van der Waals surface area (Å²) in [6, 6.07) is 7.68. The minimum atomic E-state index is 0. The topological polar surface area (TPSA) is 66.0 Å². The Kier molecular flexibility index (Phi) is 10.1. The summed E-state index contributed by atoms with van der Waals surface area (Å²) < 4.78 is 5.25. The molecule has 0 saturated heterocycles. The van der Waals surface area contributed by atoms with Crippen LogP contribution in [0.4, 0.5) is 0 Å². The van der Waals surface area contributed by atoms with Gasteiger partial charge in [-0.15, -0.1) is 24.0 Å². The standard InChI is InChI=1S/C20H32N4O2.HI/c1-21-19(23-15-20(10-5-11-20)12-13-26-4)22-14-16-6-8-17(9-7-16)18(25)24(2)3;/h6-9H,5,10-15H2,1-4H3,(H2,21,22,23);1H. The zero-order chi connectivity index (χ0) is 19.0. The molecular formula is C20H33IN4O2. The van der Waals surface area contributed by atoms with Gasteiger partial charge in [0.05, 0.1) is 0 Å². The highest BCUT2D eigenvalue weighted by Crippen LogP contribution is 2.43. The lowest BCUT2D eigenvalue weighted by Crippen LogP contribution is -2.46. The fraction of sp³-hybridized carbons (Fsp3) is 0.600. The molecule has 2 N–H and O–H groups in total. The number of methoxy groups -OCH3 is 1.